The lowest BCUT2D eigenvalue weighted by molar-refractivity contribution is -0.125. The molecule has 0 aromatic carbocycles. The molecule has 132 valence electrons. The van der Waals surface area contributed by atoms with Gasteiger partial charge in [-0.1, -0.05) is 6.07 Å². The molecule has 4 rings (SSSR count). The van der Waals surface area contributed by atoms with Crippen molar-refractivity contribution in [2.75, 3.05) is 30.4 Å². The Balaban J connectivity index is 1.52. The molecule has 2 aromatic rings. The number of amides is 2. The predicted octanol–water partition coefficient (Wildman–Crippen LogP) is 1.04. The summed E-state index contributed by atoms with van der Waals surface area (Å²) in [5.41, 5.74) is 0.706. The molecule has 3 heterocycles. The number of pyridine rings is 1. The van der Waals surface area contributed by atoms with Crippen molar-refractivity contribution in [3.05, 3.63) is 18.2 Å². The summed E-state index contributed by atoms with van der Waals surface area (Å²) in [5.74, 6) is 1.60. The average Bonchev–Trinajstić information content (AvgIpc) is 3.41. The number of hydrogen-bond acceptors (Lipinski definition) is 5. The number of carbonyl (C=O) groups excluding carboxylic acids is 2. The maximum absolute atomic E-state index is 11.9. The highest BCUT2D eigenvalue weighted by Crippen LogP contribution is 2.30. The molecule has 25 heavy (non-hydrogen) atoms. The molecule has 0 unspecified atom stereocenters. The summed E-state index contributed by atoms with van der Waals surface area (Å²) in [6.07, 6.45) is 3.53. The number of fused-ring (bicyclic) bond motifs is 1. The van der Waals surface area contributed by atoms with E-state index in [0.29, 0.717) is 11.6 Å². The van der Waals surface area contributed by atoms with Crippen LogP contribution < -0.4 is 15.5 Å². The van der Waals surface area contributed by atoms with Crippen molar-refractivity contribution in [2.24, 2.45) is 11.8 Å². The van der Waals surface area contributed by atoms with Crippen LogP contribution in [0, 0.1) is 11.8 Å². The van der Waals surface area contributed by atoms with Gasteiger partial charge in [-0.05, 0) is 37.8 Å². The minimum absolute atomic E-state index is 0.00356. The molecule has 0 spiro atoms. The van der Waals surface area contributed by atoms with E-state index in [1.807, 2.05) is 18.2 Å². The number of piperidine rings is 1. The largest absolute Gasteiger partial charge is 0.359 e. The lowest BCUT2D eigenvalue weighted by Crippen LogP contribution is -2.40. The van der Waals surface area contributed by atoms with E-state index >= 15 is 0 Å². The highest BCUT2D eigenvalue weighted by Gasteiger charge is 2.30. The van der Waals surface area contributed by atoms with Gasteiger partial charge >= 0.3 is 0 Å². The van der Waals surface area contributed by atoms with E-state index in [2.05, 4.69) is 25.6 Å². The van der Waals surface area contributed by atoms with E-state index in [4.69, 9.17) is 0 Å². The first-order valence-electron chi connectivity index (χ1n) is 8.79. The first-order chi connectivity index (χ1) is 12.2. The van der Waals surface area contributed by atoms with Gasteiger partial charge in [0.1, 0.15) is 5.82 Å². The van der Waals surface area contributed by atoms with E-state index in [1.54, 1.807) is 11.6 Å². The van der Waals surface area contributed by atoms with Gasteiger partial charge in [-0.15, -0.1) is 5.10 Å². The Kier molecular flexibility index (Phi) is 4.03. The van der Waals surface area contributed by atoms with Gasteiger partial charge in [0, 0.05) is 32.0 Å². The molecule has 0 atom stereocenters. The Morgan fingerprint density at radius 1 is 1.08 bits per heavy atom. The van der Waals surface area contributed by atoms with Crippen LogP contribution in [0.1, 0.15) is 25.7 Å². The second kappa shape index (κ2) is 6.34. The number of nitrogens with one attached hydrogen (secondary N) is 2. The summed E-state index contributed by atoms with van der Waals surface area (Å²) in [6, 6.07) is 5.81. The molecule has 1 aliphatic carbocycles. The normalized spacial score (nSPS) is 18.4. The van der Waals surface area contributed by atoms with Gasteiger partial charge in [-0.2, -0.15) is 9.50 Å². The van der Waals surface area contributed by atoms with Gasteiger partial charge < -0.3 is 10.2 Å². The molecule has 2 aliphatic rings. The first kappa shape index (κ1) is 15.9. The van der Waals surface area contributed by atoms with Crippen molar-refractivity contribution in [3.63, 3.8) is 0 Å². The van der Waals surface area contributed by atoms with E-state index in [0.717, 1.165) is 44.6 Å². The van der Waals surface area contributed by atoms with Gasteiger partial charge in [0.15, 0.2) is 5.65 Å². The van der Waals surface area contributed by atoms with Crippen LogP contribution in [0.5, 0.6) is 0 Å². The zero-order valence-corrected chi connectivity index (χ0v) is 14.2. The fourth-order valence-electron chi connectivity index (χ4n) is 3.32. The van der Waals surface area contributed by atoms with Gasteiger partial charge in [0.05, 0.1) is 0 Å². The molecule has 2 fully saturated rings. The Hall–Kier alpha value is -2.64. The zero-order valence-electron chi connectivity index (χ0n) is 14.2. The molecular formula is C17H22N6O2. The van der Waals surface area contributed by atoms with Crippen LogP contribution in [-0.2, 0) is 9.59 Å². The van der Waals surface area contributed by atoms with Gasteiger partial charge in [-0.25, -0.2) is 0 Å². The predicted molar refractivity (Wildman–Crippen MR) is 93.3 cm³/mol. The van der Waals surface area contributed by atoms with Crippen molar-refractivity contribution in [3.8, 4) is 0 Å². The number of carbonyl (C=O) groups is 2. The number of nitrogens with zero attached hydrogens (tertiary/aromatic N) is 4. The van der Waals surface area contributed by atoms with Crippen LogP contribution >= 0.6 is 0 Å². The van der Waals surface area contributed by atoms with Crippen LogP contribution in [0.4, 0.5) is 11.8 Å². The number of rotatable bonds is 4. The molecule has 0 bridgehead atoms. The third-order valence-electron chi connectivity index (χ3n) is 4.96. The summed E-state index contributed by atoms with van der Waals surface area (Å²) in [5, 5.41) is 9.99. The Morgan fingerprint density at radius 2 is 1.80 bits per heavy atom. The second-order valence-electron chi connectivity index (χ2n) is 6.73. The minimum atomic E-state index is 0.00356. The fourth-order valence-corrected chi connectivity index (χ4v) is 3.32. The SMILES string of the molecule is CNC(=O)C1CCN(c2cccc3nc(NC(=O)C4CC4)nn23)CC1. The van der Waals surface area contributed by atoms with E-state index in [1.165, 1.54) is 0 Å². The Labute approximate surface area is 145 Å². The topological polar surface area (TPSA) is 91.6 Å². The summed E-state index contributed by atoms with van der Waals surface area (Å²) in [7, 11) is 1.68. The van der Waals surface area contributed by atoms with Crippen molar-refractivity contribution in [2.45, 2.75) is 25.7 Å². The van der Waals surface area contributed by atoms with E-state index in [-0.39, 0.29) is 23.7 Å². The monoisotopic (exact) mass is 342 g/mol. The first-order valence-corrected chi connectivity index (χ1v) is 8.79. The molecule has 1 aliphatic heterocycles. The van der Waals surface area contributed by atoms with Gasteiger partial charge in [0.2, 0.25) is 17.8 Å². The molecule has 2 amide bonds. The molecule has 8 heteroatoms. The molecule has 1 saturated heterocycles. The summed E-state index contributed by atoms with van der Waals surface area (Å²) in [6.45, 7) is 1.58. The smallest absolute Gasteiger partial charge is 0.249 e. The second-order valence-corrected chi connectivity index (χ2v) is 6.73. The van der Waals surface area contributed by atoms with E-state index in [9.17, 15) is 9.59 Å². The third kappa shape index (κ3) is 3.16. The number of anilines is 2. The third-order valence-corrected chi connectivity index (χ3v) is 4.96. The molecule has 1 saturated carbocycles. The Morgan fingerprint density at radius 3 is 2.48 bits per heavy atom. The van der Waals surface area contributed by atoms with Crippen molar-refractivity contribution in [1.29, 1.82) is 0 Å². The number of aromatic nitrogens is 3. The summed E-state index contributed by atoms with van der Waals surface area (Å²) < 4.78 is 1.77. The van der Waals surface area contributed by atoms with Crippen molar-refractivity contribution in [1.82, 2.24) is 19.9 Å². The van der Waals surface area contributed by atoms with E-state index < -0.39 is 0 Å². The minimum Gasteiger partial charge on any atom is -0.359 e. The summed E-state index contributed by atoms with van der Waals surface area (Å²) in [4.78, 5) is 30.3. The highest BCUT2D eigenvalue weighted by atomic mass is 16.2. The average molecular weight is 342 g/mol. The highest BCUT2D eigenvalue weighted by molar-refractivity contribution is 5.92. The standard InChI is InChI=1S/C17H22N6O2/c1-18-15(24)12-7-9-22(10-8-12)14-4-2-3-13-19-17(21-23(13)14)20-16(25)11-5-6-11/h2-4,11-12H,5-10H2,1H3,(H,18,24)(H,20,21,25). The fraction of sp³-hybridized carbons (Fsp3) is 0.529. The lowest BCUT2D eigenvalue weighted by atomic mass is 9.96. The lowest BCUT2D eigenvalue weighted by Gasteiger charge is -2.32. The van der Waals surface area contributed by atoms with Crippen LogP contribution in [0.15, 0.2) is 18.2 Å². The quantitative estimate of drug-likeness (QED) is 0.866. The molecule has 0 radical (unpaired) electrons. The molecule has 8 nitrogen and oxygen atoms in total. The van der Waals surface area contributed by atoms with Gasteiger partial charge in [-0.3, -0.25) is 14.9 Å². The number of hydrogen-bond donors (Lipinski definition) is 2. The zero-order chi connectivity index (χ0) is 17.4. The van der Waals surface area contributed by atoms with Crippen LogP contribution in [0.25, 0.3) is 5.65 Å². The van der Waals surface area contributed by atoms with Gasteiger partial charge in [0.25, 0.3) is 0 Å². The van der Waals surface area contributed by atoms with Crippen molar-refractivity contribution >= 4 is 29.2 Å². The molecule has 2 aromatic heterocycles. The molecule has 2 N–H and O–H groups in total. The van der Waals surface area contributed by atoms with Crippen LogP contribution in [-0.4, -0.2) is 46.5 Å². The van der Waals surface area contributed by atoms with Crippen LogP contribution in [0.3, 0.4) is 0 Å². The maximum Gasteiger partial charge on any atom is 0.249 e. The molecular weight excluding hydrogens is 320 g/mol. The van der Waals surface area contributed by atoms with Crippen LogP contribution in [0.2, 0.25) is 0 Å². The van der Waals surface area contributed by atoms with Crippen molar-refractivity contribution < 1.29 is 9.59 Å². The maximum atomic E-state index is 11.9. The Bertz CT molecular complexity index is 805. The summed E-state index contributed by atoms with van der Waals surface area (Å²) >= 11 is 0.